The van der Waals surface area contributed by atoms with E-state index in [-0.39, 0.29) is 0 Å². The number of amides is 1. The van der Waals surface area contributed by atoms with Crippen LogP contribution < -0.4 is 0 Å². The third-order valence-corrected chi connectivity index (χ3v) is 5.01. The van der Waals surface area contributed by atoms with Gasteiger partial charge >= 0.3 is 6.18 Å². The van der Waals surface area contributed by atoms with Crippen molar-refractivity contribution < 1.29 is 22.8 Å². The van der Waals surface area contributed by atoms with E-state index in [4.69, 9.17) is 16.4 Å². The van der Waals surface area contributed by atoms with Crippen LogP contribution in [0.15, 0.2) is 12.3 Å². The summed E-state index contributed by atoms with van der Waals surface area (Å²) in [7, 11) is 2.56. The van der Waals surface area contributed by atoms with Gasteiger partial charge in [0.25, 0.3) is 5.91 Å². The van der Waals surface area contributed by atoms with Gasteiger partial charge in [0, 0.05) is 29.4 Å². The third-order valence-electron chi connectivity index (χ3n) is 3.49. The van der Waals surface area contributed by atoms with Crippen LogP contribution in [-0.2, 0) is 24.5 Å². The van der Waals surface area contributed by atoms with Gasteiger partial charge in [-0.1, -0.05) is 11.6 Å². The molecule has 0 aliphatic rings. The fourth-order valence-electron chi connectivity index (χ4n) is 2.46. The SMILES string of the molecule is CON(C(=O)c1cn(C)nc1C(F)(F)F)C(C)Cc1sc(C)cc1Cl. The van der Waals surface area contributed by atoms with E-state index in [2.05, 4.69) is 5.10 Å². The summed E-state index contributed by atoms with van der Waals surface area (Å²) in [6.07, 6.45) is -3.34. The number of thiophene rings is 1. The molecule has 2 aromatic heterocycles. The van der Waals surface area contributed by atoms with Crippen molar-refractivity contribution in [3.05, 3.63) is 38.3 Å². The van der Waals surface area contributed by atoms with E-state index in [1.165, 1.54) is 25.5 Å². The van der Waals surface area contributed by atoms with Gasteiger partial charge in [-0.2, -0.15) is 18.3 Å². The summed E-state index contributed by atoms with van der Waals surface area (Å²) in [5.74, 6) is -0.903. The van der Waals surface area contributed by atoms with Crippen LogP contribution >= 0.6 is 22.9 Å². The Bertz CT molecular complexity index is 773. The van der Waals surface area contributed by atoms with Gasteiger partial charge in [0.15, 0.2) is 5.69 Å². The van der Waals surface area contributed by atoms with E-state index in [1.54, 1.807) is 13.0 Å². The number of hydroxylamine groups is 2. The quantitative estimate of drug-likeness (QED) is 0.716. The largest absolute Gasteiger partial charge is 0.435 e. The highest BCUT2D eigenvalue weighted by molar-refractivity contribution is 7.12. The molecule has 0 aromatic carbocycles. The monoisotopic (exact) mass is 395 g/mol. The highest BCUT2D eigenvalue weighted by atomic mass is 35.5. The first-order valence-corrected chi connectivity index (χ1v) is 8.47. The van der Waals surface area contributed by atoms with E-state index in [0.29, 0.717) is 11.4 Å². The topological polar surface area (TPSA) is 47.4 Å². The molecule has 2 rings (SSSR count). The van der Waals surface area contributed by atoms with Crippen LogP contribution in [0, 0.1) is 6.92 Å². The summed E-state index contributed by atoms with van der Waals surface area (Å²) in [5, 5.41) is 4.83. The number of aryl methyl sites for hydroxylation is 2. The van der Waals surface area contributed by atoms with Crippen molar-refractivity contribution in [1.82, 2.24) is 14.8 Å². The second-order valence-corrected chi connectivity index (χ2v) is 7.31. The normalized spacial score (nSPS) is 13.1. The minimum absolute atomic E-state index is 0.360. The lowest BCUT2D eigenvalue weighted by molar-refractivity contribution is -0.143. The molecule has 0 spiro atoms. The molecular weight excluding hydrogens is 379 g/mol. The number of carbonyl (C=O) groups is 1. The van der Waals surface area contributed by atoms with Gasteiger partial charge in [-0.25, -0.2) is 5.06 Å². The van der Waals surface area contributed by atoms with E-state index in [1.807, 2.05) is 6.92 Å². The molecule has 1 atom stereocenters. The van der Waals surface area contributed by atoms with Crippen LogP contribution in [-0.4, -0.2) is 33.9 Å². The minimum atomic E-state index is -4.73. The maximum atomic E-state index is 13.1. The number of rotatable bonds is 5. The van der Waals surface area contributed by atoms with E-state index in [0.717, 1.165) is 25.7 Å². The van der Waals surface area contributed by atoms with Crippen LogP contribution in [0.4, 0.5) is 13.2 Å². The van der Waals surface area contributed by atoms with E-state index >= 15 is 0 Å². The molecule has 0 saturated carbocycles. The zero-order valence-corrected chi connectivity index (χ0v) is 15.6. The molecule has 0 saturated heterocycles. The van der Waals surface area contributed by atoms with Crippen LogP contribution in [0.3, 0.4) is 0 Å². The van der Waals surface area contributed by atoms with Crippen LogP contribution in [0.2, 0.25) is 5.02 Å². The Balaban J connectivity index is 2.28. The number of carbonyl (C=O) groups excluding carboxylic acids is 1. The molecule has 25 heavy (non-hydrogen) atoms. The molecule has 1 amide bonds. The first-order chi connectivity index (χ1) is 11.5. The van der Waals surface area contributed by atoms with Crippen molar-refractivity contribution in [3.63, 3.8) is 0 Å². The first kappa shape index (κ1) is 19.7. The molecule has 0 N–H and O–H groups in total. The Morgan fingerprint density at radius 1 is 1.52 bits per heavy atom. The summed E-state index contributed by atoms with van der Waals surface area (Å²) in [6, 6.07) is 1.28. The van der Waals surface area contributed by atoms with Gasteiger partial charge in [0.05, 0.1) is 23.7 Å². The predicted octanol–water partition coefficient (Wildman–Crippen LogP) is 4.10. The molecule has 2 aromatic rings. The van der Waals surface area contributed by atoms with Gasteiger partial charge in [-0.05, 0) is 19.9 Å². The maximum Gasteiger partial charge on any atom is 0.435 e. The summed E-state index contributed by atoms with van der Waals surface area (Å²) >= 11 is 7.59. The molecule has 138 valence electrons. The van der Waals surface area contributed by atoms with E-state index < -0.39 is 29.4 Å². The van der Waals surface area contributed by atoms with E-state index in [9.17, 15) is 18.0 Å². The number of nitrogens with zero attached hydrogens (tertiary/aromatic N) is 3. The van der Waals surface area contributed by atoms with Crippen molar-refractivity contribution in [2.45, 2.75) is 32.5 Å². The Morgan fingerprint density at radius 2 is 2.16 bits per heavy atom. The number of aromatic nitrogens is 2. The lowest BCUT2D eigenvalue weighted by Gasteiger charge is -2.26. The lowest BCUT2D eigenvalue weighted by Crippen LogP contribution is -2.39. The fraction of sp³-hybridized carbons (Fsp3) is 0.467. The molecule has 2 heterocycles. The standard InChI is InChI=1S/C15H17ClF3N3O2S/c1-8(5-12-11(16)6-9(2)25-12)22(24-4)14(23)10-7-21(3)20-13(10)15(17,18)19/h6-8H,5H2,1-4H3. The first-order valence-electron chi connectivity index (χ1n) is 7.28. The Labute approximate surface area is 151 Å². The van der Waals surface area contributed by atoms with Crippen molar-refractivity contribution in [3.8, 4) is 0 Å². The van der Waals surface area contributed by atoms with Gasteiger partial charge in [0.1, 0.15) is 0 Å². The van der Waals surface area contributed by atoms with Crippen molar-refractivity contribution in [2.75, 3.05) is 7.11 Å². The second-order valence-electron chi connectivity index (χ2n) is 5.56. The number of halogens is 4. The van der Waals surface area contributed by atoms with Crippen molar-refractivity contribution in [1.29, 1.82) is 0 Å². The lowest BCUT2D eigenvalue weighted by atomic mass is 10.1. The smallest absolute Gasteiger partial charge is 0.274 e. The molecule has 5 nitrogen and oxygen atoms in total. The van der Waals surface area contributed by atoms with Crippen LogP contribution in [0.25, 0.3) is 0 Å². The van der Waals surface area contributed by atoms with Crippen LogP contribution in [0.1, 0.15) is 32.7 Å². The van der Waals surface area contributed by atoms with Crippen molar-refractivity contribution >= 4 is 28.8 Å². The molecule has 0 aliphatic carbocycles. The second kappa shape index (κ2) is 7.35. The third kappa shape index (κ3) is 4.34. The van der Waals surface area contributed by atoms with Crippen molar-refractivity contribution in [2.24, 2.45) is 7.05 Å². The average Bonchev–Trinajstić information content (AvgIpc) is 3.02. The Hall–Kier alpha value is -1.58. The fourth-order valence-corrected chi connectivity index (χ4v) is 3.93. The molecular formula is C15H17ClF3N3O2S. The molecule has 0 bridgehead atoms. The average molecular weight is 396 g/mol. The van der Waals surface area contributed by atoms with Gasteiger partial charge < -0.3 is 0 Å². The summed E-state index contributed by atoms with van der Waals surface area (Å²) < 4.78 is 40.2. The number of hydrogen-bond donors (Lipinski definition) is 0. The molecule has 0 aliphatic heterocycles. The zero-order chi connectivity index (χ0) is 18.9. The predicted molar refractivity (Wildman–Crippen MR) is 88.6 cm³/mol. The number of hydrogen-bond acceptors (Lipinski definition) is 4. The Morgan fingerprint density at radius 3 is 2.64 bits per heavy atom. The molecule has 10 heteroatoms. The molecule has 1 unspecified atom stereocenters. The summed E-state index contributed by atoms with van der Waals surface area (Å²) in [6.45, 7) is 3.58. The minimum Gasteiger partial charge on any atom is -0.274 e. The van der Waals surface area contributed by atoms with Gasteiger partial charge in [-0.15, -0.1) is 11.3 Å². The van der Waals surface area contributed by atoms with Gasteiger partial charge in [0.2, 0.25) is 0 Å². The highest BCUT2D eigenvalue weighted by Crippen LogP contribution is 2.32. The molecule has 0 radical (unpaired) electrons. The maximum absolute atomic E-state index is 13.1. The number of alkyl halides is 3. The molecule has 0 fully saturated rings. The zero-order valence-electron chi connectivity index (χ0n) is 14.0. The van der Waals surface area contributed by atoms with Crippen LogP contribution in [0.5, 0.6) is 0 Å². The summed E-state index contributed by atoms with van der Waals surface area (Å²) in [4.78, 5) is 19.5. The van der Waals surface area contributed by atoms with Gasteiger partial charge in [-0.3, -0.25) is 14.3 Å². The highest BCUT2D eigenvalue weighted by Gasteiger charge is 2.40. The summed E-state index contributed by atoms with van der Waals surface area (Å²) in [5.41, 5.74) is -1.79. The Kier molecular flexibility index (Phi) is 5.80.